The van der Waals surface area contributed by atoms with Gasteiger partial charge < -0.3 is 10.4 Å². The minimum absolute atomic E-state index is 0.367. The number of benzene rings is 1. The maximum absolute atomic E-state index is 11.0. The van der Waals surface area contributed by atoms with Crippen molar-refractivity contribution in [3.05, 3.63) is 34.9 Å². The third-order valence-electron chi connectivity index (χ3n) is 4.38. The lowest BCUT2D eigenvalue weighted by Crippen LogP contribution is -2.51. The van der Waals surface area contributed by atoms with Crippen molar-refractivity contribution < 1.29 is 5.11 Å². The number of rotatable bonds is 3. The van der Waals surface area contributed by atoms with Gasteiger partial charge in [0.05, 0.1) is 5.60 Å². The van der Waals surface area contributed by atoms with Crippen LogP contribution in [0.2, 0.25) is 0 Å². The zero-order valence-corrected chi connectivity index (χ0v) is 11.8. The lowest BCUT2D eigenvalue weighted by Gasteiger charge is -2.40. The van der Waals surface area contributed by atoms with Crippen LogP contribution in [-0.2, 0) is 6.42 Å². The van der Waals surface area contributed by atoms with Crippen LogP contribution < -0.4 is 5.32 Å². The first-order valence-electron chi connectivity index (χ1n) is 7.04. The first-order valence-corrected chi connectivity index (χ1v) is 7.04. The lowest BCUT2D eigenvalue weighted by molar-refractivity contribution is -0.0415. The Kier molecular flexibility index (Phi) is 4.08. The largest absolute Gasteiger partial charge is 0.389 e. The van der Waals surface area contributed by atoms with Crippen molar-refractivity contribution in [2.45, 2.75) is 45.6 Å². The summed E-state index contributed by atoms with van der Waals surface area (Å²) in [5.74, 6) is 0.367. The first-order chi connectivity index (χ1) is 8.55. The van der Waals surface area contributed by atoms with Gasteiger partial charge in [0.15, 0.2) is 0 Å². The van der Waals surface area contributed by atoms with Gasteiger partial charge in [-0.3, -0.25) is 0 Å². The van der Waals surface area contributed by atoms with E-state index in [4.69, 9.17) is 0 Å². The Morgan fingerprint density at radius 3 is 2.89 bits per heavy atom. The molecule has 1 aliphatic heterocycles. The summed E-state index contributed by atoms with van der Waals surface area (Å²) in [6.45, 7) is 8.30. The Morgan fingerprint density at radius 2 is 2.17 bits per heavy atom. The summed E-state index contributed by atoms with van der Waals surface area (Å²) in [6.07, 6.45) is 2.69. The number of aryl methyl sites for hydroxylation is 2. The molecular formula is C16H25NO. The van der Waals surface area contributed by atoms with Crippen LogP contribution in [0.3, 0.4) is 0 Å². The minimum atomic E-state index is -0.529. The molecule has 2 heteroatoms. The van der Waals surface area contributed by atoms with Gasteiger partial charge in [-0.25, -0.2) is 0 Å². The van der Waals surface area contributed by atoms with Gasteiger partial charge in [0.25, 0.3) is 0 Å². The fourth-order valence-corrected chi connectivity index (χ4v) is 3.05. The average Bonchev–Trinajstić information content (AvgIpc) is 2.34. The molecule has 0 spiro atoms. The Hall–Kier alpha value is -0.860. The highest BCUT2D eigenvalue weighted by atomic mass is 16.3. The highest BCUT2D eigenvalue weighted by Crippen LogP contribution is 2.31. The van der Waals surface area contributed by atoms with Gasteiger partial charge in [-0.15, -0.1) is 0 Å². The van der Waals surface area contributed by atoms with Crippen molar-refractivity contribution in [1.82, 2.24) is 5.32 Å². The van der Waals surface area contributed by atoms with Crippen molar-refractivity contribution in [3.8, 4) is 0 Å². The van der Waals surface area contributed by atoms with Crippen LogP contribution in [0.25, 0.3) is 0 Å². The summed E-state index contributed by atoms with van der Waals surface area (Å²) in [5, 5.41) is 14.4. The Labute approximate surface area is 110 Å². The third kappa shape index (κ3) is 2.76. The van der Waals surface area contributed by atoms with Gasteiger partial charge in [0, 0.05) is 18.9 Å². The van der Waals surface area contributed by atoms with E-state index in [1.54, 1.807) is 0 Å². The van der Waals surface area contributed by atoms with Crippen molar-refractivity contribution in [1.29, 1.82) is 0 Å². The molecule has 1 aromatic rings. The molecule has 2 unspecified atom stereocenters. The normalized spacial score (nSPS) is 28.3. The van der Waals surface area contributed by atoms with E-state index in [0.717, 1.165) is 32.4 Å². The molecule has 2 nitrogen and oxygen atoms in total. The molecular weight excluding hydrogens is 222 g/mol. The maximum Gasteiger partial charge on any atom is 0.0740 e. The van der Waals surface area contributed by atoms with Crippen LogP contribution in [0.1, 0.15) is 36.5 Å². The summed E-state index contributed by atoms with van der Waals surface area (Å²) in [7, 11) is 0. The molecule has 0 aromatic heterocycles. The molecule has 0 aliphatic carbocycles. The van der Waals surface area contributed by atoms with Crippen LogP contribution in [0.5, 0.6) is 0 Å². The van der Waals surface area contributed by atoms with Crippen molar-refractivity contribution in [2.75, 3.05) is 13.1 Å². The zero-order valence-electron chi connectivity index (χ0n) is 11.8. The van der Waals surface area contributed by atoms with E-state index in [-0.39, 0.29) is 0 Å². The van der Waals surface area contributed by atoms with Crippen LogP contribution in [0.4, 0.5) is 0 Å². The summed E-state index contributed by atoms with van der Waals surface area (Å²) >= 11 is 0. The number of piperidine rings is 1. The maximum atomic E-state index is 11.0. The van der Waals surface area contributed by atoms with Gasteiger partial charge in [0.2, 0.25) is 0 Å². The molecule has 2 N–H and O–H groups in total. The second kappa shape index (κ2) is 5.41. The summed E-state index contributed by atoms with van der Waals surface area (Å²) < 4.78 is 0. The van der Waals surface area contributed by atoms with Gasteiger partial charge in [-0.1, -0.05) is 30.7 Å². The Bertz CT molecular complexity index is 416. The Balaban J connectivity index is 2.22. The highest BCUT2D eigenvalue weighted by molar-refractivity contribution is 5.32. The minimum Gasteiger partial charge on any atom is -0.389 e. The summed E-state index contributed by atoms with van der Waals surface area (Å²) in [4.78, 5) is 0. The number of hydrogen-bond acceptors (Lipinski definition) is 2. The molecule has 0 saturated carbocycles. The van der Waals surface area contributed by atoms with Crippen LogP contribution >= 0.6 is 0 Å². The second-order valence-electron chi connectivity index (χ2n) is 5.77. The second-order valence-corrected chi connectivity index (χ2v) is 5.77. The molecule has 1 saturated heterocycles. The zero-order chi connectivity index (χ0) is 13.2. The summed E-state index contributed by atoms with van der Waals surface area (Å²) in [6, 6.07) is 6.53. The molecule has 2 atom stereocenters. The molecule has 1 aliphatic rings. The van der Waals surface area contributed by atoms with Gasteiger partial charge in [-0.05, 0) is 44.4 Å². The van der Waals surface area contributed by atoms with Crippen molar-refractivity contribution in [2.24, 2.45) is 5.92 Å². The summed E-state index contributed by atoms with van der Waals surface area (Å²) in [5.41, 5.74) is 3.35. The molecule has 0 bridgehead atoms. The fourth-order valence-electron chi connectivity index (χ4n) is 3.05. The number of hydrogen-bond donors (Lipinski definition) is 2. The van der Waals surface area contributed by atoms with Gasteiger partial charge in [-0.2, -0.15) is 0 Å². The quantitative estimate of drug-likeness (QED) is 0.860. The molecule has 1 fully saturated rings. The Morgan fingerprint density at radius 1 is 1.39 bits per heavy atom. The molecule has 0 amide bonds. The fraction of sp³-hybridized carbons (Fsp3) is 0.625. The first kappa shape index (κ1) is 13.6. The molecule has 1 aromatic carbocycles. The van der Waals surface area contributed by atoms with Crippen molar-refractivity contribution in [3.63, 3.8) is 0 Å². The predicted molar refractivity (Wildman–Crippen MR) is 75.8 cm³/mol. The molecule has 1 heterocycles. The molecule has 2 rings (SSSR count). The van der Waals surface area contributed by atoms with E-state index in [2.05, 4.69) is 44.3 Å². The van der Waals surface area contributed by atoms with E-state index in [1.807, 2.05) is 0 Å². The third-order valence-corrected chi connectivity index (χ3v) is 4.38. The monoisotopic (exact) mass is 247 g/mol. The van der Waals surface area contributed by atoms with E-state index < -0.39 is 5.60 Å². The van der Waals surface area contributed by atoms with Crippen LogP contribution in [0, 0.1) is 19.8 Å². The molecule has 100 valence electrons. The van der Waals surface area contributed by atoms with Gasteiger partial charge in [0.1, 0.15) is 0 Å². The van der Waals surface area contributed by atoms with Crippen LogP contribution in [0.15, 0.2) is 18.2 Å². The number of nitrogens with one attached hydrogen (secondary N) is 1. The molecule has 0 radical (unpaired) electrons. The van der Waals surface area contributed by atoms with Crippen LogP contribution in [-0.4, -0.2) is 23.8 Å². The smallest absolute Gasteiger partial charge is 0.0740 e. The average molecular weight is 247 g/mol. The van der Waals surface area contributed by atoms with Gasteiger partial charge >= 0.3 is 0 Å². The van der Waals surface area contributed by atoms with E-state index in [1.165, 1.54) is 16.7 Å². The van der Waals surface area contributed by atoms with E-state index in [0.29, 0.717) is 5.92 Å². The molecule has 18 heavy (non-hydrogen) atoms. The SMILES string of the molecule is CCC1CNCCC1(O)Cc1cc(C)ccc1C. The standard InChI is InChI=1S/C16H25NO/c1-4-15-11-17-8-7-16(15,18)10-14-9-12(2)5-6-13(14)3/h5-6,9,15,17-18H,4,7-8,10-11H2,1-3H3. The number of aliphatic hydroxyl groups is 1. The van der Waals surface area contributed by atoms with Crippen molar-refractivity contribution >= 4 is 0 Å². The predicted octanol–water partition coefficient (Wildman–Crippen LogP) is 2.60. The highest BCUT2D eigenvalue weighted by Gasteiger charge is 2.37. The van der Waals surface area contributed by atoms with E-state index in [9.17, 15) is 5.11 Å². The van der Waals surface area contributed by atoms with E-state index >= 15 is 0 Å². The topological polar surface area (TPSA) is 32.3 Å². The lowest BCUT2D eigenvalue weighted by atomic mass is 9.75.